The van der Waals surface area contributed by atoms with E-state index in [4.69, 9.17) is 9.72 Å². The summed E-state index contributed by atoms with van der Waals surface area (Å²) in [6.45, 7) is 5.73. The van der Waals surface area contributed by atoms with Crippen molar-refractivity contribution in [2.75, 3.05) is 36.5 Å². The van der Waals surface area contributed by atoms with Crippen molar-refractivity contribution in [2.45, 2.75) is 25.7 Å². The second-order valence-electron chi connectivity index (χ2n) is 9.96. The fourth-order valence-electron chi connectivity index (χ4n) is 4.93. The summed E-state index contributed by atoms with van der Waals surface area (Å²) in [7, 11) is 0. The zero-order chi connectivity index (χ0) is 22.9. The number of fused-ring (bicyclic) bond motifs is 1. The van der Waals surface area contributed by atoms with Crippen LogP contribution in [-0.4, -0.2) is 46.8 Å². The van der Waals surface area contributed by atoms with Gasteiger partial charge < -0.3 is 15.0 Å². The Morgan fingerprint density at radius 3 is 2.82 bits per heavy atom. The van der Waals surface area contributed by atoms with Gasteiger partial charge in [-0.25, -0.2) is 9.50 Å². The van der Waals surface area contributed by atoms with Crippen molar-refractivity contribution in [3.63, 3.8) is 0 Å². The van der Waals surface area contributed by atoms with E-state index in [-0.39, 0.29) is 5.91 Å². The third-order valence-electron chi connectivity index (χ3n) is 7.23. The van der Waals surface area contributed by atoms with Crippen molar-refractivity contribution in [3.05, 3.63) is 64.9 Å². The van der Waals surface area contributed by atoms with Gasteiger partial charge in [-0.2, -0.15) is 5.10 Å². The van der Waals surface area contributed by atoms with Gasteiger partial charge >= 0.3 is 0 Å². The minimum Gasteiger partial charge on any atom is -0.380 e. The molecule has 0 bridgehead atoms. The lowest BCUT2D eigenvalue weighted by Crippen LogP contribution is -2.66. The van der Waals surface area contributed by atoms with Gasteiger partial charge in [0.15, 0.2) is 0 Å². The summed E-state index contributed by atoms with van der Waals surface area (Å²) in [5.41, 5.74) is 6.89. The molecule has 2 aliphatic heterocycles. The van der Waals surface area contributed by atoms with Gasteiger partial charge in [-0.05, 0) is 43.5 Å². The normalized spacial score (nSPS) is 18.7. The minimum absolute atomic E-state index is 0.155. The summed E-state index contributed by atoms with van der Waals surface area (Å²) >= 11 is 1.67. The maximum absolute atomic E-state index is 13.3. The number of nitrogens with zero attached hydrogens (tertiary/aromatic N) is 4. The molecule has 34 heavy (non-hydrogen) atoms. The molecule has 5 heterocycles. The standard InChI is InChI=1S/C26H25N5O2S/c1-16-2-3-18(25-29-22(11-34-25)17-4-5-17)8-21(16)28-24(32)20-10-27-31-7-6-19(9-23(20)31)30-12-26(13-30)14-33-15-26/h2-3,6-11,17H,4-5,12-15H2,1H3,(H,28,32). The van der Waals surface area contributed by atoms with E-state index < -0.39 is 0 Å². The Hall–Kier alpha value is -3.23. The van der Waals surface area contributed by atoms with Crippen molar-refractivity contribution >= 4 is 34.1 Å². The maximum atomic E-state index is 13.3. The maximum Gasteiger partial charge on any atom is 0.259 e. The molecule has 3 aromatic heterocycles. The van der Waals surface area contributed by atoms with Gasteiger partial charge in [-0.3, -0.25) is 4.79 Å². The molecule has 7 nitrogen and oxygen atoms in total. The number of carbonyl (C=O) groups excluding carboxylic acids is 1. The summed E-state index contributed by atoms with van der Waals surface area (Å²) in [4.78, 5) is 20.5. The Balaban J connectivity index is 1.14. The average molecular weight is 472 g/mol. The number of rotatable bonds is 5. The zero-order valence-electron chi connectivity index (χ0n) is 19.0. The molecular weight excluding hydrogens is 446 g/mol. The second-order valence-corrected chi connectivity index (χ2v) is 10.8. The molecule has 1 spiro atoms. The first-order chi connectivity index (χ1) is 16.6. The van der Waals surface area contributed by atoms with Gasteiger partial charge in [0.25, 0.3) is 5.91 Å². The molecule has 0 radical (unpaired) electrons. The van der Waals surface area contributed by atoms with Crippen LogP contribution in [0.3, 0.4) is 0 Å². The summed E-state index contributed by atoms with van der Waals surface area (Å²) in [6, 6.07) is 10.3. The van der Waals surface area contributed by atoms with Crippen LogP contribution in [0, 0.1) is 12.3 Å². The Labute approximate surface area is 201 Å². The van der Waals surface area contributed by atoms with Crippen molar-refractivity contribution in [1.29, 1.82) is 0 Å². The van der Waals surface area contributed by atoms with Crippen molar-refractivity contribution in [2.24, 2.45) is 5.41 Å². The van der Waals surface area contributed by atoms with Gasteiger partial charge in [0.1, 0.15) is 5.01 Å². The number of aromatic nitrogens is 3. The molecule has 1 amide bonds. The fourth-order valence-corrected chi connectivity index (χ4v) is 5.82. The lowest BCUT2D eigenvalue weighted by atomic mass is 9.78. The van der Waals surface area contributed by atoms with Gasteiger partial charge in [0, 0.05) is 47.5 Å². The SMILES string of the molecule is Cc1ccc(-c2nc(C3CC3)cs2)cc1NC(=O)c1cnn2ccc(N3CC4(COC4)C3)cc12. The molecule has 3 aliphatic rings. The molecule has 8 heteroatoms. The van der Waals surface area contributed by atoms with Crippen LogP contribution < -0.4 is 10.2 Å². The van der Waals surface area contributed by atoms with Gasteiger partial charge in [-0.1, -0.05) is 12.1 Å². The van der Waals surface area contributed by atoms with Crippen molar-refractivity contribution in [1.82, 2.24) is 14.6 Å². The van der Waals surface area contributed by atoms with E-state index in [0.717, 1.165) is 59.3 Å². The number of aryl methyl sites for hydroxylation is 1. The van der Waals surface area contributed by atoms with E-state index in [1.54, 1.807) is 22.0 Å². The monoisotopic (exact) mass is 471 g/mol. The first kappa shape index (κ1) is 20.2. The summed E-state index contributed by atoms with van der Waals surface area (Å²) in [6.07, 6.45) is 6.06. The number of benzene rings is 1. The van der Waals surface area contributed by atoms with Crippen LogP contribution in [0.25, 0.3) is 16.1 Å². The molecule has 3 fully saturated rings. The number of hydrogen-bond acceptors (Lipinski definition) is 6. The summed E-state index contributed by atoms with van der Waals surface area (Å²) in [5.74, 6) is 0.483. The highest BCUT2D eigenvalue weighted by Gasteiger charge is 2.49. The number of nitrogens with one attached hydrogen (secondary N) is 1. The first-order valence-electron chi connectivity index (χ1n) is 11.7. The van der Waals surface area contributed by atoms with Crippen LogP contribution in [-0.2, 0) is 4.74 Å². The number of anilines is 2. The average Bonchev–Trinajstić information content (AvgIpc) is 3.35. The van der Waals surface area contributed by atoms with E-state index in [2.05, 4.69) is 38.9 Å². The lowest BCUT2D eigenvalue weighted by molar-refractivity contribution is -0.127. The molecule has 0 unspecified atom stereocenters. The molecule has 0 atom stereocenters. The highest BCUT2D eigenvalue weighted by Crippen LogP contribution is 2.42. The number of carbonyl (C=O) groups is 1. The number of hydrogen-bond donors (Lipinski definition) is 1. The summed E-state index contributed by atoms with van der Waals surface area (Å²) < 4.78 is 7.16. The zero-order valence-corrected chi connectivity index (χ0v) is 19.8. The molecule has 2 saturated heterocycles. The van der Waals surface area contributed by atoms with Crippen LogP contribution in [0.15, 0.2) is 48.1 Å². The topological polar surface area (TPSA) is 71.8 Å². The van der Waals surface area contributed by atoms with Crippen molar-refractivity contribution in [3.8, 4) is 10.6 Å². The molecule has 4 aromatic rings. The van der Waals surface area contributed by atoms with Crippen LogP contribution in [0.4, 0.5) is 11.4 Å². The molecule has 1 aliphatic carbocycles. The first-order valence-corrected chi connectivity index (χ1v) is 12.6. The van der Waals surface area contributed by atoms with E-state index in [9.17, 15) is 4.79 Å². The highest BCUT2D eigenvalue weighted by atomic mass is 32.1. The highest BCUT2D eigenvalue weighted by molar-refractivity contribution is 7.13. The Morgan fingerprint density at radius 2 is 2.06 bits per heavy atom. The predicted octanol–water partition coefficient (Wildman–Crippen LogP) is 4.73. The fraction of sp³-hybridized carbons (Fsp3) is 0.346. The second kappa shape index (κ2) is 7.38. The van der Waals surface area contributed by atoms with Crippen LogP contribution in [0.2, 0.25) is 0 Å². The number of ether oxygens (including phenoxy) is 1. The minimum atomic E-state index is -0.155. The Morgan fingerprint density at radius 1 is 1.21 bits per heavy atom. The van der Waals surface area contributed by atoms with Crippen LogP contribution >= 0.6 is 11.3 Å². The molecular formula is C26H25N5O2S. The third-order valence-corrected chi connectivity index (χ3v) is 8.14. The van der Waals surface area contributed by atoms with Crippen molar-refractivity contribution < 1.29 is 9.53 Å². The van der Waals surface area contributed by atoms with Gasteiger partial charge in [-0.15, -0.1) is 11.3 Å². The molecule has 172 valence electrons. The Kier molecular flexibility index (Phi) is 4.38. The smallest absolute Gasteiger partial charge is 0.259 e. The number of pyridine rings is 1. The Bertz CT molecular complexity index is 1420. The summed E-state index contributed by atoms with van der Waals surface area (Å²) in [5, 5.41) is 10.7. The number of thiazole rings is 1. The van der Waals surface area contributed by atoms with Crippen LogP contribution in [0.1, 0.15) is 40.4 Å². The molecule has 1 saturated carbocycles. The molecule has 1 aromatic carbocycles. The van der Waals surface area contributed by atoms with Crippen LogP contribution in [0.5, 0.6) is 0 Å². The third kappa shape index (κ3) is 3.32. The number of amides is 1. The lowest BCUT2D eigenvalue weighted by Gasteiger charge is -2.56. The quantitative estimate of drug-likeness (QED) is 0.456. The van der Waals surface area contributed by atoms with E-state index in [1.165, 1.54) is 18.5 Å². The molecule has 7 rings (SSSR count). The van der Waals surface area contributed by atoms with Gasteiger partial charge in [0.2, 0.25) is 0 Å². The van der Waals surface area contributed by atoms with E-state index >= 15 is 0 Å². The predicted molar refractivity (Wildman–Crippen MR) is 133 cm³/mol. The van der Waals surface area contributed by atoms with Gasteiger partial charge in [0.05, 0.1) is 41.6 Å². The largest absolute Gasteiger partial charge is 0.380 e. The van der Waals surface area contributed by atoms with E-state index in [0.29, 0.717) is 16.9 Å². The molecule has 1 N–H and O–H groups in total. The van der Waals surface area contributed by atoms with E-state index in [1.807, 2.05) is 25.3 Å².